The molecule has 12 heteroatoms. The highest BCUT2D eigenvalue weighted by atomic mass is 35.5. The molecule has 0 spiro atoms. The molecule has 0 heterocycles. The number of carbonyl (C=O) groups is 1. The van der Waals surface area contributed by atoms with E-state index in [0.29, 0.717) is 16.3 Å². The van der Waals surface area contributed by atoms with Crippen LogP contribution in [-0.2, 0) is 14.9 Å². The SMILES string of the molecule is COc1cc(/C=C(\C#N)C(=O)Nc2cccc(Cl)c2)ccc1OS(=O)(=O)c1cccc([N+](=O)[O-])c1. The molecule has 0 saturated carbocycles. The van der Waals surface area contributed by atoms with Gasteiger partial charge in [-0.25, -0.2) is 0 Å². The lowest BCUT2D eigenvalue weighted by Gasteiger charge is -2.11. The Kier molecular flexibility index (Phi) is 7.70. The summed E-state index contributed by atoms with van der Waals surface area (Å²) in [5.41, 5.74) is 0.100. The fraction of sp³-hybridized carbons (Fsp3) is 0.0435. The van der Waals surface area contributed by atoms with Crippen LogP contribution in [0.25, 0.3) is 6.08 Å². The van der Waals surface area contributed by atoms with Gasteiger partial charge in [-0.1, -0.05) is 29.8 Å². The molecule has 0 atom stereocenters. The quantitative estimate of drug-likeness (QED) is 0.151. The molecule has 3 aromatic carbocycles. The number of hydrogen-bond donors (Lipinski definition) is 1. The number of amides is 1. The standard InChI is InChI=1S/C23H16ClN3O7S/c1-33-22-11-15(10-16(14-25)23(28)26-18-5-2-4-17(24)12-18)8-9-21(22)34-35(31,32)20-7-3-6-19(13-20)27(29)30/h2-13H,1H3,(H,26,28)/b16-10+. The summed E-state index contributed by atoms with van der Waals surface area (Å²) < 4.78 is 35.6. The Bertz CT molecular complexity index is 1480. The minimum atomic E-state index is -4.42. The van der Waals surface area contributed by atoms with Gasteiger partial charge in [-0.05, 0) is 48.0 Å². The van der Waals surface area contributed by atoms with Crippen LogP contribution in [0.2, 0.25) is 5.02 Å². The van der Waals surface area contributed by atoms with E-state index in [0.717, 1.165) is 18.2 Å². The van der Waals surface area contributed by atoms with E-state index in [2.05, 4.69) is 5.32 Å². The van der Waals surface area contributed by atoms with Gasteiger partial charge in [0.2, 0.25) is 0 Å². The predicted octanol–water partition coefficient (Wildman–Crippen LogP) is 4.57. The van der Waals surface area contributed by atoms with Crippen molar-refractivity contribution in [3.8, 4) is 17.6 Å². The molecular weight excluding hydrogens is 498 g/mol. The van der Waals surface area contributed by atoms with Crippen LogP contribution in [0.4, 0.5) is 11.4 Å². The molecule has 3 aromatic rings. The van der Waals surface area contributed by atoms with Crippen molar-refractivity contribution in [2.45, 2.75) is 4.90 Å². The number of benzene rings is 3. The van der Waals surface area contributed by atoms with Crippen molar-refractivity contribution in [3.05, 3.63) is 93.0 Å². The number of methoxy groups -OCH3 is 1. The third-order valence-electron chi connectivity index (χ3n) is 4.46. The largest absolute Gasteiger partial charge is 0.493 e. The van der Waals surface area contributed by atoms with Gasteiger partial charge in [0, 0.05) is 22.8 Å². The van der Waals surface area contributed by atoms with Gasteiger partial charge in [0.1, 0.15) is 16.5 Å². The van der Waals surface area contributed by atoms with Gasteiger partial charge in [0.15, 0.2) is 11.5 Å². The molecule has 10 nitrogen and oxygen atoms in total. The van der Waals surface area contributed by atoms with E-state index >= 15 is 0 Å². The molecule has 0 unspecified atom stereocenters. The molecule has 0 aromatic heterocycles. The van der Waals surface area contributed by atoms with Crippen molar-refractivity contribution in [1.82, 2.24) is 0 Å². The zero-order valence-electron chi connectivity index (χ0n) is 18.0. The van der Waals surface area contributed by atoms with E-state index in [1.54, 1.807) is 24.3 Å². The second-order valence-corrected chi connectivity index (χ2v) is 8.82. The first kappa shape index (κ1) is 25.2. The van der Waals surface area contributed by atoms with Gasteiger partial charge in [0.25, 0.3) is 11.6 Å². The summed E-state index contributed by atoms with van der Waals surface area (Å²) in [6, 6.07) is 16.6. The molecule has 0 aliphatic heterocycles. The van der Waals surface area contributed by atoms with Crippen LogP contribution in [0, 0.1) is 21.4 Å². The van der Waals surface area contributed by atoms with Crippen molar-refractivity contribution in [1.29, 1.82) is 5.26 Å². The van der Waals surface area contributed by atoms with E-state index in [-0.39, 0.29) is 17.1 Å². The number of nitro groups is 1. The Labute approximate surface area is 205 Å². The summed E-state index contributed by atoms with van der Waals surface area (Å²) >= 11 is 5.90. The molecule has 1 amide bonds. The maximum absolute atomic E-state index is 12.6. The zero-order chi connectivity index (χ0) is 25.6. The molecule has 0 fully saturated rings. The minimum absolute atomic E-state index is 0.0136. The van der Waals surface area contributed by atoms with Gasteiger partial charge < -0.3 is 14.2 Å². The zero-order valence-corrected chi connectivity index (χ0v) is 19.5. The van der Waals surface area contributed by atoms with Crippen LogP contribution in [0.5, 0.6) is 11.5 Å². The lowest BCUT2D eigenvalue weighted by Crippen LogP contribution is -2.13. The molecule has 3 rings (SSSR count). The Morgan fingerprint density at radius 2 is 1.86 bits per heavy atom. The molecule has 35 heavy (non-hydrogen) atoms. The number of hydrogen-bond acceptors (Lipinski definition) is 8. The first-order chi connectivity index (χ1) is 16.6. The number of nitrogens with one attached hydrogen (secondary N) is 1. The smallest absolute Gasteiger partial charge is 0.339 e. The summed E-state index contributed by atoms with van der Waals surface area (Å²) in [4.78, 5) is 22.3. The fourth-order valence-corrected chi connectivity index (χ4v) is 4.01. The Balaban J connectivity index is 1.86. The Morgan fingerprint density at radius 1 is 1.11 bits per heavy atom. The molecule has 0 aliphatic rings. The lowest BCUT2D eigenvalue weighted by atomic mass is 10.1. The molecule has 0 aliphatic carbocycles. The van der Waals surface area contributed by atoms with Gasteiger partial charge in [0.05, 0.1) is 12.0 Å². The van der Waals surface area contributed by atoms with Crippen LogP contribution in [0.1, 0.15) is 5.56 Å². The number of non-ortho nitro benzene ring substituents is 1. The number of nitriles is 1. The summed E-state index contributed by atoms with van der Waals surface area (Å²) in [6.07, 6.45) is 1.28. The summed E-state index contributed by atoms with van der Waals surface area (Å²) in [7, 11) is -3.15. The van der Waals surface area contributed by atoms with Crippen LogP contribution < -0.4 is 14.2 Å². The first-order valence-electron chi connectivity index (χ1n) is 9.68. The summed E-state index contributed by atoms with van der Waals surface area (Å²) in [5, 5.41) is 23.3. The average molecular weight is 514 g/mol. The Morgan fingerprint density at radius 3 is 2.51 bits per heavy atom. The number of ether oxygens (including phenoxy) is 1. The number of nitro benzene ring substituents is 1. The Hall–Kier alpha value is -4.40. The number of halogens is 1. The van der Waals surface area contributed by atoms with Crippen molar-refractivity contribution in [3.63, 3.8) is 0 Å². The lowest BCUT2D eigenvalue weighted by molar-refractivity contribution is -0.385. The van der Waals surface area contributed by atoms with E-state index in [4.69, 9.17) is 20.5 Å². The van der Waals surface area contributed by atoms with Gasteiger partial charge in [-0.3, -0.25) is 14.9 Å². The molecule has 0 bridgehead atoms. The fourth-order valence-electron chi connectivity index (χ4n) is 2.84. The van der Waals surface area contributed by atoms with E-state index in [1.807, 2.05) is 0 Å². The molecule has 1 N–H and O–H groups in total. The summed E-state index contributed by atoms with van der Waals surface area (Å²) in [5.74, 6) is -0.888. The van der Waals surface area contributed by atoms with Crippen molar-refractivity contribution in [2.75, 3.05) is 12.4 Å². The van der Waals surface area contributed by atoms with Crippen molar-refractivity contribution >= 4 is 45.1 Å². The summed E-state index contributed by atoms with van der Waals surface area (Å²) in [6.45, 7) is 0. The second kappa shape index (κ2) is 10.7. The first-order valence-corrected chi connectivity index (χ1v) is 11.5. The monoisotopic (exact) mass is 513 g/mol. The van der Waals surface area contributed by atoms with E-state index < -0.39 is 31.5 Å². The van der Waals surface area contributed by atoms with Crippen molar-refractivity contribution < 1.29 is 27.1 Å². The molecule has 178 valence electrons. The topological polar surface area (TPSA) is 149 Å². The maximum Gasteiger partial charge on any atom is 0.339 e. The van der Waals surface area contributed by atoms with E-state index in [1.165, 1.54) is 43.5 Å². The predicted molar refractivity (Wildman–Crippen MR) is 128 cm³/mol. The third kappa shape index (κ3) is 6.35. The highest BCUT2D eigenvalue weighted by Crippen LogP contribution is 2.32. The van der Waals surface area contributed by atoms with Crippen LogP contribution in [-0.4, -0.2) is 26.4 Å². The van der Waals surface area contributed by atoms with Gasteiger partial charge in [-0.15, -0.1) is 0 Å². The minimum Gasteiger partial charge on any atom is -0.493 e. The van der Waals surface area contributed by atoms with E-state index in [9.17, 15) is 28.6 Å². The highest BCUT2D eigenvalue weighted by Gasteiger charge is 2.22. The third-order valence-corrected chi connectivity index (χ3v) is 5.93. The van der Waals surface area contributed by atoms with Crippen LogP contribution in [0.3, 0.4) is 0 Å². The number of rotatable bonds is 8. The molecular formula is C23H16ClN3O7S. The van der Waals surface area contributed by atoms with Crippen molar-refractivity contribution in [2.24, 2.45) is 0 Å². The highest BCUT2D eigenvalue weighted by molar-refractivity contribution is 7.87. The number of anilines is 1. The molecule has 0 radical (unpaired) electrons. The average Bonchev–Trinajstić information content (AvgIpc) is 2.83. The number of nitrogens with zero attached hydrogens (tertiary/aromatic N) is 2. The molecule has 0 saturated heterocycles. The van der Waals surface area contributed by atoms with Crippen LogP contribution >= 0.6 is 11.6 Å². The van der Waals surface area contributed by atoms with Gasteiger partial charge in [-0.2, -0.15) is 13.7 Å². The van der Waals surface area contributed by atoms with Gasteiger partial charge >= 0.3 is 10.1 Å². The van der Waals surface area contributed by atoms with Crippen LogP contribution in [0.15, 0.2) is 77.2 Å². The number of carbonyl (C=O) groups excluding carboxylic acids is 1. The normalized spacial score (nSPS) is 11.3. The second-order valence-electron chi connectivity index (χ2n) is 6.84. The maximum atomic E-state index is 12.6.